The zero-order valence-corrected chi connectivity index (χ0v) is 5.24. The lowest BCUT2D eigenvalue weighted by molar-refractivity contribution is -0.121. The summed E-state index contributed by atoms with van der Waals surface area (Å²) >= 11 is 0. The molecule has 0 amide bonds. The van der Waals surface area contributed by atoms with Crippen LogP contribution in [0.15, 0.2) is 0 Å². The minimum atomic E-state index is -1.48. The Kier molecular flexibility index (Phi) is 3.37. The average Bonchev–Trinajstić information content (AvgIpc) is 1.63. The van der Waals surface area contributed by atoms with Crippen molar-refractivity contribution in [2.24, 2.45) is 5.73 Å². The summed E-state index contributed by atoms with van der Waals surface area (Å²) in [6.07, 6.45) is -1.57. The Bertz CT molecular complexity index is 102. The zero-order chi connectivity index (χ0) is 7.44. The smallest absolute Gasteiger partial charge is 0.153 e. The summed E-state index contributed by atoms with van der Waals surface area (Å²) in [4.78, 5) is 10.3. The highest BCUT2D eigenvalue weighted by atomic mass is 16.5. The summed E-state index contributed by atoms with van der Waals surface area (Å²) in [6, 6.07) is -0.745. The van der Waals surface area contributed by atoms with Gasteiger partial charge in [-0.1, -0.05) is 0 Å². The maximum atomic E-state index is 10.3. The highest BCUT2D eigenvalue weighted by Crippen LogP contribution is 1.92. The first-order valence-corrected chi connectivity index (χ1v) is 2.66. The number of hydrogen-bond acceptors (Lipinski definition) is 4. The highest BCUT2D eigenvalue weighted by molar-refractivity contribution is 5.81. The van der Waals surface area contributed by atoms with E-state index in [0.29, 0.717) is 0 Å². The van der Waals surface area contributed by atoms with Crippen LogP contribution in [0.5, 0.6) is 0 Å². The van der Waals surface area contributed by atoms with E-state index >= 15 is 0 Å². The van der Waals surface area contributed by atoms with Crippen LogP contribution in [0.1, 0.15) is 13.3 Å². The average molecular weight is 133 g/mol. The van der Waals surface area contributed by atoms with E-state index in [-0.39, 0.29) is 12.2 Å². The van der Waals surface area contributed by atoms with Crippen molar-refractivity contribution in [1.82, 2.24) is 0 Å². The Labute approximate surface area is 53.3 Å². The molecule has 54 valence electrons. The second-order valence-electron chi connectivity index (χ2n) is 1.93. The molecular formula is C5H11NO3. The van der Waals surface area contributed by atoms with Gasteiger partial charge < -0.3 is 15.9 Å². The van der Waals surface area contributed by atoms with Crippen LogP contribution in [-0.2, 0) is 4.79 Å². The van der Waals surface area contributed by atoms with Crippen molar-refractivity contribution in [3.8, 4) is 0 Å². The third kappa shape index (κ3) is 4.08. The fraction of sp³-hybridized carbons (Fsp3) is 0.800. The van der Waals surface area contributed by atoms with Gasteiger partial charge in [-0.05, 0) is 6.92 Å². The topological polar surface area (TPSA) is 83.6 Å². The van der Waals surface area contributed by atoms with Crippen molar-refractivity contribution >= 4 is 5.78 Å². The molecule has 0 aliphatic rings. The number of rotatable bonds is 3. The molecule has 0 radical (unpaired) electrons. The predicted molar refractivity (Wildman–Crippen MR) is 31.5 cm³/mol. The molecule has 4 nitrogen and oxygen atoms in total. The van der Waals surface area contributed by atoms with E-state index in [1.54, 1.807) is 0 Å². The van der Waals surface area contributed by atoms with E-state index in [1.807, 2.05) is 0 Å². The molecule has 0 aromatic heterocycles. The van der Waals surface area contributed by atoms with Gasteiger partial charge >= 0.3 is 0 Å². The summed E-state index contributed by atoms with van der Waals surface area (Å²) in [5.41, 5.74) is 5.15. The molecule has 1 atom stereocenters. The molecule has 0 unspecified atom stereocenters. The van der Waals surface area contributed by atoms with Crippen molar-refractivity contribution < 1.29 is 15.0 Å². The number of carbonyl (C=O) groups excluding carboxylic acids is 1. The molecule has 9 heavy (non-hydrogen) atoms. The molecule has 0 aliphatic heterocycles. The van der Waals surface area contributed by atoms with Crippen molar-refractivity contribution in [1.29, 1.82) is 0 Å². The first kappa shape index (κ1) is 8.55. The van der Waals surface area contributed by atoms with Crippen LogP contribution in [0.2, 0.25) is 0 Å². The number of aliphatic hydroxyl groups is 2. The monoisotopic (exact) mass is 133 g/mol. The number of nitrogens with two attached hydrogens (primary N) is 1. The number of Topliss-reactive ketones (excluding diaryl/α,β-unsaturated/α-hetero) is 1. The van der Waals surface area contributed by atoms with E-state index in [1.165, 1.54) is 6.92 Å². The maximum Gasteiger partial charge on any atom is 0.153 e. The maximum absolute atomic E-state index is 10.3. The Hall–Kier alpha value is -0.450. The molecule has 0 saturated heterocycles. The predicted octanol–water partition coefficient (Wildman–Crippen LogP) is -1.40. The van der Waals surface area contributed by atoms with Crippen molar-refractivity contribution in [2.45, 2.75) is 25.7 Å². The quantitative estimate of drug-likeness (QED) is 0.413. The van der Waals surface area contributed by atoms with E-state index in [4.69, 9.17) is 15.9 Å². The molecule has 0 fully saturated rings. The lowest BCUT2D eigenvalue weighted by Gasteiger charge is -2.07. The van der Waals surface area contributed by atoms with E-state index in [2.05, 4.69) is 0 Å². The Morgan fingerprint density at radius 3 is 2.22 bits per heavy atom. The van der Waals surface area contributed by atoms with Gasteiger partial charge in [0.15, 0.2) is 6.29 Å². The van der Waals surface area contributed by atoms with Gasteiger partial charge in [-0.2, -0.15) is 0 Å². The molecule has 0 heterocycles. The fourth-order valence-electron chi connectivity index (χ4n) is 0.393. The number of ketones is 1. The Morgan fingerprint density at radius 1 is 1.67 bits per heavy atom. The molecule has 0 aromatic rings. The van der Waals surface area contributed by atoms with Gasteiger partial charge in [0, 0.05) is 6.42 Å². The third-order valence-electron chi connectivity index (χ3n) is 0.987. The third-order valence-corrected chi connectivity index (χ3v) is 0.987. The summed E-state index contributed by atoms with van der Waals surface area (Å²) in [5, 5.41) is 16.6. The Balaban J connectivity index is 3.50. The second kappa shape index (κ2) is 3.55. The molecule has 0 saturated carbocycles. The largest absolute Gasteiger partial charge is 0.368 e. The van der Waals surface area contributed by atoms with Crippen LogP contribution >= 0.6 is 0 Å². The molecule has 0 spiro atoms. The molecular weight excluding hydrogens is 122 g/mol. The van der Waals surface area contributed by atoms with Crippen molar-refractivity contribution in [2.75, 3.05) is 0 Å². The number of hydrogen-bond donors (Lipinski definition) is 3. The summed E-state index contributed by atoms with van der Waals surface area (Å²) in [6.45, 7) is 1.31. The van der Waals surface area contributed by atoms with Gasteiger partial charge in [0.2, 0.25) is 0 Å². The lowest BCUT2D eigenvalue weighted by Crippen LogP contribution is -2.32. The van der Waals surface area contributed by atoms with Gasteiger partial charge in [-0.25, -0.2) is 0 Å². The van der Waals surface area contributed by atoms with Gasteiger partial charge in [-0.15, -0.1) is 0 Å². The molecule has 4 N–H and O–H groups in total. The molecule has 0 aliphatic carbocycles. The lowest BCUT2D eigenvalue weighted by atomic mass is 10.1. The van der Waals surface area contributed by atoms with E-state index in [0.717, 1.165) is 0 Å². The van der Waals surface area contributed by atoms with Crippen LogP contribution in [0.25, 0.3) is 0 Å². The summed E-state index contributed by atoms with van der Waals surface area (Å²) in [7, 11) is 0. The van der Waals surface area contributed by atoms with Gasteiger partial charge in [0.25, 0.3) is 0 Å². The van der Waals surface area contributed by atoms with E-state index < -0.39 is 12.3 Å². The number of aliphatic hydroxyl groups excluding tert-OH is 1. The van der Waals surface area contributed by atoms with Crippen molar-refractivity contribution in [3.05, 3.63) is 0 Å². The standard InChI is InChI=1S/C5H11NO3/c1-3(7)4(6)2-5(8)9/h4-5,8-9H,2,6H2,1H3/t4-/m0/s1. The molecule has 4 heteroatoms. The molecule has 0 bridgehead atoms. The van der Waals surface area contributed by atoms with Crippen LogP contribution in [0.3, 0.4) is 0 Å². The van der Waals surface area contributed by atoms with E-state index in [9.17, 15) is 4.79 Å². The van der Waals surface area contributed by atoms with Crippen LogP contribution in [-0.4, -0.2) is 28.3 Å². The fourth-order valence-corrected chi connectivity index (χ4v) is 0.393. The minimum absolute atomic E-state index is 0.0880. The summed E-state index contributed by atoms with van der Waals surface area (Å²) < 4.78 is 0. The highest BCUT2D eigenvalue weighted by Gasteiger charge is 2.10. The van der Waals surface area contributed by atoms with Crippen LogP contribution in [0, 0.1) is 0 Å². The van der Waals surface area contributed by atoms with Gasteiger partial charge in [0.1, 0.15) is 5.78 Å². The first-order valence-electron chi connectivity index (χ1n) is 2.66. The van der Waals surface area contributed by atoms with Crippen molar-refractivity contribution in [3.63, 3.8) is 0 Å². The van der Waals surface area contributed by atoms with Gasteiger partial charge in [-0.3, -0.25) is 4.79 Å². The second-order valence-corrected chi connectivity index (χ2v) is 1.93. The SMILES string of the molecule is CC(=O)[C@@H](N)CC(O)O. The van der Waals surface area contributed by atoms with Crippen LogP contribution in [0.4, 0.5) is 0 Å². The Morgan fingerprint density at radius 2 is 2.11 bits per heavy atom. The summed E-state index contributed by atoms with van der Waals surface area (Å²) in [5.74, 6) is -0.233. The van der Waals surface area contributed by atoms with Crippen LogP contribution < -0.4 is 5.73 Å². The molecule has 0 rings (SSSR count). The normalized spacial score (nSPS) is 13.9. The number of carbonyl (C=O) groups is 1. The molecule has 0 aromatic carbocycles. The minimum Gasteiger partial charge on any atom is -0.368 e. The van der Waals surface area contributed by atoms with Gasteiger partial charge in [0.05, 0.1) is 6.04 Å². The first-order chi connectivity index (χ1) is 4.04. The zero-order valence-electron chi connectivity index (χ0n) is 5.24.